The number of hydrogen-bond donors (Lipinski definition) is 3. The monoisotopic (exact) mass is 318 g/mol. The molecule has 0 aliphatic heterocycles. The summed E-state index contributed by atoms with van der Waals surface area (Å²) in [5.74, 6) is 0.0351. The van der Waals surface area contributed by atoms with Crippen molar-refractivity contribution in [2.45, 2.75) is 39.5 Å². The molecule has 112 valence electrons. The first-order chi connectivity index (χ1) is 9.29. The fourth-order valence-corrected chi connectivity index (χ4v) is 1.99. The molecule has 0 fully saturated rings. The Bertz CT molecular complexity index is 466. The summed E-state index contributed by atoms with van der Waals surface area (Å²) in [7, 11) is 0. The zero-order chi connectivity index (χ0) is 15.3. The largest absolute Gasteiger partial charge is 0.374 e. The van der Waals surface area contributed by atoms with E-state index in [0.29, 0.717) is 28.1 Å². The summed E-state index contributed by atoms with van der Waals surface area (Å²) in [5, 5.41) is 16.1. The summed E-state index contributed by atoms with van der Waals surface area (Å²) < 4.78 is 0. The van der Waals surface area contributed by atoms with Crippen LogP contribution >= 0.6 is 23.2 Å². The Morgan fingerprint density at radius 1 is 1.25 bits per heavy atom. The van der Waals surface area contributed by atoms with E-state index in [1.165, 1.54) is 0 Å². The molecular formula is C14H20Cl2N2O2. The quantitative estimate of drug-likeness (QED) is 0.705. The molecule has 0 saturated carbocycles. The highest BCUT2D eigenvalue weighted by atomic mass is 35.5. The number of hydrogen-bond acceptors (Lipinski definition) is 3. The fraction of sp³-hybridized carbons (Fsp3) is 0.500. The molecule has 1 amide bonds. The van der Waals surface area contributed by atoms with Gasteiger partial charge in [0.1, 0.15) is 12.3 Å². The average molecular weight is 319 g/mol. The Morgan fingerprint density at radius 2 is 1.90 bits per heavy atom. The minimum Gasteiger partial charge on any atom is -0.374 e. The Morgan fingerprint density at radius 3 is 2.45 bits per heavy atom. The third kappa shape index (κ3) is 5.57. The van der Waals surface area contributed by atoms with Crippen molar-refractivity contribution >= 4 is 34.8 Å². The predicted molar refractivity (Wildman–Crippen MR) is 83.2 cm³/mol. The molecular weight excluding hydrogens is 299 g/mol. The Balaban J connectivity index is 2.54. The average Bonchev–Trinajstić information content (AvgIpc) is 2.32. The smallest absolute Gasteiger partial charge is 0.244 e. The Kier molecular flexibility index (Phi) is 6.59. The second-order valence-electron chi connectivity index (χ2n) is 5.15. The molecule has 1 rings (SSSR count). The van der Waals surface area contributed by atoms with Gasteiger partial charge in [0.2, 0.25) is 5.91 Å². The first-order valence-corrected chi connectivity index (χ1v) is 7.25. The van der Waals surface area contributed by atoms with Crippen LogP contribution in [-0.4, -0.2) is 23.3 Å². The van der Waals surface area contributed by atoms with Crippen molar-refractivity contribution in [3.8, 4) is 0 Å². The molecule has 0 radical (unpaired) electrons. The molecule has 0 bridgehead atoms. The molecule has 20 heavy (non-hydrogen) atoms. The van der Waals surface area contributed by atoms with Crippen molar-refractivity contribution < 1.29 is 9.90 Å². The molecule has 0 saturated heterocycles. The van der Waals surface area contributed by atoms with Crippen molar-refractivity contribution in [2.75, 3.05) is 5.32 Å². The summed E-state index contributed by atoms with van der Waals surface area (Å²) in [4.78, 5) is 11.9. The molecule has 0 aliphatic carbocycles. The molecule has 6 heteroatoms. The van der Waals surface area contributed by atoms with E-state index in [2.05, 4.69) is 10.6 Å². The van der Waals surface area contributed by atoms with Crippen LogP contribution < -0.4 is 10.6 Å². The third-order valence-corrected chi connectivity index (χ3v) is 3.44. The molecule has 3 N–H and O–H groups in total. The van der Waals surface area contributed by atoms with Gasteiger partial charge in [-0.2, -0.15) is 0 Å². The lowest BCUT2D eigenvalue weighted by molar-refractivity contribution is -0.124. The maximum absolute atomic E-state index is 11.9. The number of aliphatic hydroxyl groups excluding tert-OH is 1. The zero-order valence-electron chi connectivity index (χ0n) is 11.8. The van der Waals surface area contributed by atoms with E-state index < -0.39 is 12.3 Å². The van der Waals surface area contributed by atoms with Gasteiger partial charge < -0.3 is 15.7 Å². The summed E-state index contributed by atoms with van der Waals surface area (Å²) in [5.41, 5.74) is 0.695. The number of carbonyl (C=O) groups is 1. The van der Waals surface area contributed by atoms with E-state index >= 15 is 0 Å². The fourth-order valence-electron chi connectivity index (χ4n) is 1.70. The minimum absolute atomic E-state index is 0.274. The molecule has 0 spiro atoms. The van der Waals surface area contributed by atoms with Gasteiger partial charge in [-0.1, -0.05) is 37.0 Å². The lowest BCUT2D eigenvalue weighted by Crippen LogP contribution is -2.43. The lowest BCUT2D eigenvalue weighted by Gasteiger charge is -2.19. The number of benzene rings is 1. The Labute approximate surface area is 129 Å². The molecule has 0 aliphatic rings. The van der Waals surface area contributed by atoms with Gasteiger partial charge in [0.15, 0.2) is 0 Å². The highest BCUT2D eigenvalue weighted by Gasteiger charge is 2.16. The minimum atomic E-state index is -0.833. The van der Waals surface area contributed by atoms with E-state index in [-0.39, 0.29) is 5.91 Å². The summed E-state index contributed by atoms with van der Waals surface area (Å²) in [6.45, 7) is 5.67. The second kappa shape index (κ2) is 7.72. The maximum atomic E-state index is 11.9. The van der Waals surface area contributed by atoms with Gasteiger partial charge in [-0.05, 0) is 37.5 Å². The van der Waals surface area contributed by atoms with Crippen LogP contribution in [-0.2, 0) is 4.79 Å². The van der Waals surface area contributed by atoms with Crippen LogP contribution in [0.4, 0.5) is 5.69 Å². The van der Waals surface area contributed by atoms with Crippen molar-refractivity contribution in [3.63, 3.8) is 0 Å². The zero-order valence-corrected chi connectivity index (χ0v) is 13.3. The first-order valence-electron chi connectivity index (χ1n) is 6.49. The highest BCUT2D eigenvalue weighted by Crippen LogP contribution is 2.25. The van der Waals surface area contributed by atoms with Gasteiger partial charge in [0, 0.05) is 5.69 Å². The van der Waals surface area contributed by atoms with Crippen LogP contribution in [0.2, 0.25) is 10.0 Å². The summed E-state index contributed by atoms with van der Waals surface area (Å²) in [6.07, 6.45) is -0.314. The molecule has 2 atom stereocenters. The third-order valence-electron chi connectivity index (χ3n) is 2.70. The number of aliphatic hydroxyl groups is 1. The molecule has 1 unspecified atom stereocenters. The predicted octanol–water partition coefficient (Wildman–Crippen LogP) is 3.27. The number of nitrogens with one attached hydrogen (secondary N) is 2. The van der Waals surface area contributed by atoms with E-state index in [4.69, 9.17) is 23.2 Å². The van der Waals surface area contributed by atoms with Gasteiger partial charge in [-0.15, -0.1) is 0 Å². The van der Waals surface area contributed by atoms with E-state index in [1.54, 1.807) is 25.1 Å². The van der Waals surface area contributed by atoms with E-state index in [0.717, 1.165) is 0 Å². The molecule has 4 nitrogen and oxygen atoms in total. The van der Waals surface area contributed by atoms with Crippen molar-refractivity contribution in [2.24, 2.45) is 5.92 Å². The topological polar surface area (TPSA) is 61.4 Å². The maximum Gasteiger partial charge on any atom is 0.244 e. The van der Waals surface area contributed by atoms with Gasteiger partial charge in [-0.25, -0.2) is 0 Å². The lowest BCUT2D eigenvalue weighted by atomic mass is 10.1. The summed E-state index contributed by atoms with van der Waals surface area (Å²) in [6, 6.07) is 4.56. The van der Waals surface area contributed by atoms with Gasteiger partial charge in [0.25, 0.3) is 0 Å². The normalized spacial score (nSPS) is 13.9. The number of rotatable bonds is 6. The number of halogens is 2. The second-order valence-corrected chi connectivity index (χ2v) is 5.96. The van der Waals surface area contributed by atoms with Crippen molar-refractivity contribution in [1.29, 1.82) is 0 Å². The van der Waals surface area contributed by atoms with Crippen LogP contribution in [0, 0.1) is 5.92 Å². The van der Waals surface area contributed by atoms with Crippen LogP contribution in [0.3, 0.4) is 0 Å². The van der Waals surface area contributed by atoms with Crippen LogP contribution in [0.5, 0.6) is 0 Å². The van der Waals surface area contributed by atoms with Crippen LogP contribution in [0.25, 0.3) is 0 Å². The van der Waals surface area contributed by atoms with Crippen LogP contribution in [0.15, 0.2) is 18.2 Å². The Hall–Kier alpha value is -0.970. The molecule has 0 aromatic heterocycles. The highest BCUT2D eigenvalue weighted by molar-refractivity contribution is 6.42. The standard InChI is InChI=1S/C14H20Cl2N2O2/c1-8(2)6-13(19)18-14(20)9(3)17-10-4-5-11(15)12(16)7-10/h4-5,7-9,13,17,19H,6H2,1-3H3,(H,18,20)/t9-,13?/m0/s1. The van der Waals surface area contributed by atoms with Gasteiger partial charge in [0.05, 0.1) is 10.0 Å². The number of anilines is 1. The van der Waals surface area contributed by atoms with Crippen LogP contribution in [0.1, 0.15) is 27.2 Å². The van der Waals surface area contributed by atoms with Gasteiger partial charge in [-0.3, -0.25) is 4.79 Å². The van der Waals surface area contributed by atoms with E-state index in [9.17, 15) is 9.90 Å². The first kappa shape index (κ1) is 17.1. The summed E-state index contributed by atoms with van der Waals surface area (Å²) >= 11 is 11.7. The number of amides is 1. The molecule has 1 aromatic rings. The number of carbonyl (C=O) groups excluding carboxylic acids is 1. The van der Waals surface area contributed by atoms with Crippen molar-refractivity contribution in [3.05, 3.63) is 28.2 Å². The SMILES string of the molecule is CC(C)CC(O)NC(=O)[C@H](C)Nc1ccc(Cl)c(Cl)c1. The molecule has 1 aromatic carbocycles. The van der Waals surface area contributed by atoms with E-state index in [1.807, 2.05) is 13.8 Å². The van der Waals surface area contributed by atoms with Crippen molar-refractivity contribution in [1.82, 2.24) is 5.32 Å². The van der Waals surface area contributed by atoms with Gasteiger partial charge >= 0.3 is 0 Å². The molecule has 0 heterocycles.